The number of amides is 1. The molecule has 0 bridgehead atoms. The van der Waals surface area contributed by atoms with Crippen LogP contribution in [0.2, 0.25) is 0 Å². The second-order valence-electron chi connectivity index (χ2n) is 10.3. The molecule has 0 saturated carbocycles. The molecule has 34 heavy (non-hydrogen) atoms. The number of carbonyl (C=O) groups is 1. The van der Waals surface area contributed by atoms with Gasteiger partial charge >= 0.3 is 0 Å². The van der Waals surface area contributed by atoms with Gasteiger partial charge in [-0.2, -0.15) is 0 Å². The van der Waals surface area contributed by atoms with Crippen LogP contribution in [0.25, 0.3) is 10.2 Å². The largest absolute Gasteiger partial charge is 0.397 e. The van der Waals surface area contributed by atoms with Gasteiger partial charge in [0.15, 0.2) is 0 Å². The van der Waals surface area contributed by atoms with E-state index in [4.69, 9.17) is 10.7 Å². The van der Waals surface area contributed by atoms with E-state index in [1.807, 2.05) is 41.3 Å². The van der Waals surface area contributed by atoms with E-state index in [-0.39, 0.29) is 11.3 Å². The molecule has 2 aromatic carbocycles. The Bertz CT molecular complexity index is 1400. The first-order valence-corrected chi connectivity index (χ1v) is 13.4. The molecule has 1 unspecified atom stereocenters. The third kappa shape index (κ3) is 3.43. The molecule has 0 saturated heterocycles. The number of rotatable bonds is 1. The summed E-state index contributed by atoms with van der Waals surface area (Å²) in [6.07, 6.45) is 3.16. The van der Waals surface area contributed by atoms with Crippen molar-refractivity contribution in [2.24, 2.45) is 11.3 Å². The number of carbonyl (C=O) groups excluding carboxylic acids is 1. The molecule has 2 aromatic heterocycles. The van der Waals surface area contributed by atoms with Gasteiger partial charge in [0.2, 0.25) is 0 Å². The number of hydrogen-bond acceptors (Lipinski definition) is 5. The Kier molecular flexibility index (Phi) is 5.01. The van der Waals surface area contributed by atoms with Gasteiger partial charge in [-0.1, -0.05) is 56.8 Å². The molecule has 1 atom stereocenters. The fraction of sp³-hybridized carbons (Fsp3) is 0.286. The van der Waals surface area contributed by atoms with Crippen LogP contribution in [0.5, 0.6) is 0 Å². The number of thiophene rings is 1. The molecule has 172 valence electrons. The lowest BCUT2D eigenvalue weighted by atomic mass is 9.71. The highest BCUT2D eigenvalue weighted by Gasteiger charge is 2.33. The first-order chi connectivity index (χ1) is 16.3. The minimum atomic E-state index is -0.0914. The van der Waals surface area contributed by atoms with Crippen LogP contribution in [0, 0.1) is 11.3 Å². The summed E-state index contributed by atoms with van der Waals surface area (Å²) in [5, 5.41) is 0.912. The summed E-state index contributed by atoms with van der Waals surface area (Å²) in [5.74, 6) is 0.533. The maximum absolute atomic E-state index is 14.0. The number of nitrogen functional groups attached to an aromatic ring is 1. The monoisotopic (exact) mass is 485 g/mol. The first kappa shape index (κ1) is 21.7. The van der Waals surface area contributed by atoms with E-state index >= 15 is 0 Å². The van der Waals surface area contributed by atoms with Crippen molar-refractivity contribution >= 4 is 56.3 Å². The summed E-state index contributed by atoms with van der Waals surface area (Å²) in [7, 11) is 0. The van der Waals surface area contributed by atoms with Crippen molar-refractivity contribution in [3.63, 3.8) is 0 Å². The van der Waals surface area contributed by atoms with Gasteiger partial charge in [-0.3, -0.25) is 9.69 Å². The van der Waals surface area contributed by atoms with Gasteiger partial charge in [0.25, 0.3) is 5.91 Å². The number of nitrogens with zero attached hydrogens (tertiary/aromatic N) is 2. The van der Waals surface area contributed by atoms with Crippen LogP contribution in [0.3, 0.4) is 0 Å². The fourth-order valence-corrected chi connectivity index (χ4v) is 7.20. The van der Waals surface area contributed by atoms with Crippen molar-refractivity contribution in [1.29, 1.82) is 0 Å². The zero-order chi connectivity index (χ0) is 23.6. The van der Waals surface area contributed by atoms with E-state index in [2.05, 4.69) is 39.0 Å². The van der Waals surface area contributed by atoms with Crippen LogP contribution in [-0.4, -0.2) is 10.9 Å². The lowest BCUT2D eigenvalue weighted by Gasteiger charge is -2.34. The van der Waals surface area contributed by atoms with Crippen molar-refractivity contribution in [2.45, 2.75) is 49.8 Å². The minimum Gasteiger partial charge on any atom is -0.397 e. The van der Waals surface area contributed by atoms with Crippen LogP contribution >= 0.6 is 23.1 Å². The summed E-state index contributed by atoms with van der Waals surface area (Å²) >= 11 is 3.11. The van der Waals surface area contributed by atoms with E-state index < -0.39 is 0 Å². The zero-order valence-electron chi connectivity index (χ0n) is 19.6. The van der Waals surface area contributed by atoms with Crippen molar-refractivity contribution in [2.75, 3.05) is 10.6 Å². The standard InChI is InChI=1S/C28H27N3OS2/c1-28(2,3)17-12-13-19-16(14-17)15-18-24(29)25(34-26(18)30-19)27(32)31-20-8-4-6-10-22(20)33-23-11-7-5-9-21(23)31/h4-11,15,17H,12-14,29H2,1-3H3. The number of benzene rings is 2. The van der Waals surface area contributed by atoms with Gasteiger partial charge in [-0.05, 0) is 66.5 Å². The normalized spacial score (nSPS) is 17.3. The summed E-state index contributed by atoms with van der Waals surface area (Å²) < 4.78 is 0. The van der Waals surface area contributed by atoms with Gasteiger partial charge < -0.3 is 5.73 Å². The van der Waals surface area contributed by atoms with Crippen LogP contribution in [0.4, 0.5) is 17.1 Å². The molecule has 6 heteroatoms. The molecule has 1 aliphatic heterocycles. The second kappa shape index (κ2) is 7.85. The van der Waals surface area contributed by atoms with E-state index in [1.54, 1.807) is 11.8 Å². The Labute approximate surface area is 208 Å². The predicted octanol–water partition coefficient (Wildman–Crippen LogP) is 7.47. The van der Waals surface area contributed by atoms with E-state index in [9.17, 15) is 4.79 Å². The number of fused-ring (bicyclic) bond motifs is 4. The molecular weight excluding hydrogens is 458 g/mol. The highest BCUT2D eigenvalue weighted by molar-refractivity contribution is 7.99. The number of para-hydroxylation sites is 2. The van der Waals surface area contributed by atoms with E-state index in [1.165, 1.54) is 22.6 Å². The highest BCUT2D eigenvalue weighted by atomic mass is 32.2. The highest BCUT2D eigenvalue weighted by Crippen LogP contribution is 2.49. The van der Waals surface area contributed by atoms with Crippen molar-refractivity contribution < 1.29 is 4.79 Å². The molecule has 4 nitrogen and oxygen atoms in total. The van der Waals surface area contributed by atoms with Crippen LogP contribution in [-0.2, 0) is 12.8 Å². The molecule has 1 aliphatic carbocycles. The van der Waals surface area contributed by atoms with Gasteiger partial charge in [0.05, 0.1) is 17.1 Å². The Balaban J connectivity index is 1.45. The molecule has 2 N–H and O–H groups in total. The number of aromatic nitrogens is 1. The van der Waals surface area contributed by atoms with Crippen LogP contribution in [0.1, 0.15) is 48.1 Å². The summed E-state index contributed by atoms with van der Waals surface area (Å²) in [6, 6.07) is 18.3. The Morgan fingerprint density at radius 2 is 1.71 bits per heavy atom. The van der Waals surface area contributed by atoms with Crippen LogP contribution < -0.4 is 10.6 Å². The average molecular weight is 486 g/mol. The molecule has 4 aromatic rings. The minimum absolute atomic E-state index is 0.0914. The number of nitrogens with two attached hydrogens (primary N) is 1. The Morgan fingerprint density at radius 1 is 1.06 bits per heavy atom. The van der Waals surface area contributed by atoms with Crippen molar-refractivity contribution in [1.82, 2.24) is 4.98 Å². The van der Waals surface area contributed by atoms with Crippen molar-refractivity contribution in [3.8, 4) is 0 Å². The smallest absolute Gasteiger partial charge is 0.275 e. The second-order valence-corrected chi connectivity index (χ2v) is 12.4. The summed E-state index contributed by atoms with van der Waals surface area (Å²) in [6.45, 7) is 6.95. The van der Waals surface area contributed by atoms with Crippen LogP contribution in [0.15, 0.2) is 64.4 Å². The van der Waals surface area contributed by atoms with E-state index in [0.29, 0.717) is 16.5 Å². The third-order valence-corrected chi connectivity index (χ3v) is 9.37. The molecule has 0 spiro atoms. The Morgan fingerprint density at radius 3 is 2.35 bits per heavy atom. The average Bonchev–Trinajstić information content (AvgIpc) is 3.15. The fourth-order valence-electron chi connectivity index (χ4n) is 5.11. The summed E-state index contributed by atoms with van der Waals surface area (Å²) in [5.41, 5.74) is 11.7. The van der Waals surface area contributed by atoms with Gasteiger partial charge in [0.1, 0.15) is 9.71 Å². The lowest BCUT2D eigenvalue weighted by Crippen LogP contribution is -2.28. The molecule has 0 radical (unpaired) electrons. The maximum Gasteiger partial charge on any atom is 0.275 e. The first-order valence-electron chi connectivity index (χ1n) is 11.7. The number of aryl methyl sites for hydroxylation is 1. The predicted molar refractivity (Wildman–Crippen MR) is 142 cm³/mol. The SMILES string of the molecule is CC(C)(C)C1CCc2nc3sc(C(=O)N4c5ccccc5Sc5ccccc54)c(N)c3cc2C1. The molecule has 1 amide bonds. The molecular formula is C28H27N3OS2. The third-order valence-electron chi connectivity index (χ3n) is 7.14. The van der Waals surface area contributed by atoms with E-state index in [0.717, 1.165) is 50.6 Å². The zero-order valence-corrected chi connectivity index (χ0v) is 21.2. The molecule has 3 heterocycles. The lowest BCUT2D eigenvalue weighted by molar-refractivity contribution is 0.100. The molecule has 2 aliphatic rings. The Hall–Kier alpha value is -2.83. The topological polar surface area (TPSA) is 59.2 Å². The number of pyridine rings is 1. The van der Waals surface area contributed by atoms with Gasteiger partial charge in [0, 0.05) is 20.9 Å². The van der Waals surface area contributed by atoms with Gasteiger partial charge in [-0.25, -0.2) is 4.98 Å². The quantitative estimate of drug-likeness (QED) is 0.304. The number of anilines is 3. The molecule has 6 rings (SSSR count). The number of hydrogen-bond donors (Lipinski definition) is 1. The summed E-state index contributed by atoms with van der Waals surface area (Å²) in [4.78, 5) is 24.4. The maximum atomic E-state index is 14.0. The van der Waals surface area contributed by atoms with Gasteiger partial charge in [-0.15, -0.1) is 11.3 Å². The molecule has 0 fully saturated rings. The van der Waals surface area contributed by atoms with Crippen molar-refractivity contribution in [3.05, 3.63) is 70.7 Å².